The zero-order chi connectivity index (χ0) is 18.3. The lowest BCUT2D eigenvalue weighted by atomic mass is 10.2. The van der Waals surface area contributed by atoms with Crippen LogP contribution < -0.4 is 4.72 Å². The minimum absolute atomic E-state index is 0.0710. The second-order valence-corrected chi connectivity index (χ2v) is 8.96. The van der Waals surface area contributed by atoms with Gasteiger partial charge in [-0.3, -0.25) is 0 Å². The summed E-state index contributed by atoms with van der Waals surface area (Å²) < 4.78 is 38.5. The number of nitrogens with one attached hydrogen (secondary N) is 2. The Bertz CT molecular complexity index is 871. The van der Waals surface area contributed by atoms with Crippen molar-refractivity contribution in [1.29, 1.82) is 0 Å². The Balaban J connectivity index is 1.33. The van der Waals surface area contributed by atoms with Gasteiger partial charge in [0, 0.05) is 18.4 Å². The molecule has 4 rings (SSSR count). The fourth-order valence-electron chi connectivity index (χ4n) is 2.95. The first-order chi connectivity index (χ1) is 12.4. The molecule has 0 unspecified atom stereocenters. The van der Waals surface area contributed by atoms with E-state index in [9.17, 15) is 8.42 Å². The van der Waals surface area contributed by atoms with E-state index >= 15 is 0 Å². The van der Waals surface area contributed by atoms with Gasteiger partial charge in [0.1, 0.15) is 11.9 Å². The number of hydrogen-bond acceptors (Lipinski definition) is 7. The van der Waals surface area contributed by atoms with Crippen molar-refractivity contribution in [2.24, 2.45) is 0 Å². The first-order valence-corrected chi connectivity index (χ1v) is 10.4. The van der Waals surface area contributed by atoms with Crippen LogP contribution >= 0.6 is 0 Å². The third-order valence-electron chi connectivity index (χ3n) is 4.69. The van der Waals surface area contributed by atoms with Crippen LogP contribution in [-0.4, -0.2) is 41.2 Å². The Morgan fingerprint density at radius 2 is 2.12 bits per heavy atom. The Kier molecular flexibility index (Phi) is 4.57. The van der Waals surface area contributed by atoms with Crippen LogP contribution in [0.4, 0.5) is 0 Å². The molecule has 0 aromatic carbocycles. The summed E-state index contributed by atoms with van der Waals surface area (Å²) in [6, 6.07) is 0. The molecule has 0 radical (unpaired) electrons. The van der Waals surface area contributed by atoms with Crippen LogP contribution in [0.15, 0.2) is 15.7 Å². The average Bonchev–Trinajstić information content (AvgIpc) is 3.07. The van der Waals surface area contributed by atoms with Crippen LogP contribution in [0, 0.1) is 0 Å². The summed E-state index contributed by atoms with van der Waals surface area (Å²) in [7, 11) is -3.64. The lowest BCUT2D eigenvalue weighted by molar-refractivity contribution is 0.0290. The summed E-state index contributed by atoms with van der Waals surface area (Å²) in [6.07, 6.45) is 4.55. The predicted molar refractivity (Wildman–Crippen MR) is 91.0 cm³/mol. The highest BCUT2D eigenvalue weighted by atomic mass is 32.2. The number of aromatic amines is 1. The van der Waals surface area contributed by atoms with Gasteiger partial charge in [0.25, 0.3) is 15.9 Å². The standard InChI is InChI=1S/C16H23N5O4S/c1-9(2)14-17-8-13(19-14)26(22,23)18-7-11-5-6-12(24-11)16-20-15(21-25-16)10-3-4-10/h8-12,18H,3-7H2,1-2H3,(H,17,19)/t11-,12+/m1/s1. The fraction of sp³-hybridized carbons (Fsp3) is 0.688. The topological polar surface area (TPSA) is 123 Å². The summed E-state index contributed by atoms with van der Waals surface area (Å²) in [4.78, 5) is 11.4. The first kappa shape index (κ1) is 17.6. The Labute approximate surface area is 152 Å². The number of sulfonamides is 1. The zero-order valence-corrected chi connectivity index (χ0v) is 15.6. The maximum Gasteiger partial charge on any atom is 0.257 e. The molecule has 2 N–H and O–H groups in total. The van der Waals surface area contributed by atoms with E-state index < -0.39 is 10.0 Å². The van der Waals surface area contributed by atoms with E-state index in [1.54, 1.807) is 0 Å². The number of imidazole rings is 1. The van der Waals surface area contributed by atoms with E-state index in [0.29, 0.717) is 17.6 Å². The first-order valence-electron chi connectivity index (χ1n) is 8.96. The van der Waals surface area contributed by atoms with Gasteiger partial charge < -0.3 is 14.2 Å². The molecule has 0 bridgehead atoms. The number of rotatable bonds is 7. The highest BCUT2D eigenvalue weighted by Crippen LogP contribution is 2.39. The maximum absolute atomic E-state index is 12.4. The monoisotopic (exact) mass is 381 g/mol. The van der Waals surface area contributed by atoms with Crippen LogP contribution in [0.3, 0.4) is 0 Å². The predicted octanol–water partition coefficient (Wildman–Crippen LogP) is 1.99. The van der Waals surface area contributed by atoms with E-state index in [1.807, 2.05) is 13.8 Å². The second-order valence-electron chi connectivity index (χ2n) is 7.23. The molecule has 9 nitrogen and oxygen atoms in total. The summed E-state index contributed by atoms with van der Waals surface area (Å²) in [5, 5.41) is 4.07. The molecule has 1 saturated carbocycles. The van der Waals surface area contributed by atoms with Gasteiger partial charge >= 0.3 is 0 Å². The van der Waals surface area contributed by atoms with Crippen molar-refractivity contribution in [1.82, 2.24) is 24.8 Å². The molecule has 2 fully saturated rings. The summed E-state index contributed by atoms with van der Waals surface area (Å²) >= 11 is 0. The van der Waals surface area contributed by atoms with E-state index in [4.69, 9.17) is 9.26 Å². The molecule has 0 spiro atoms. The molecule has 26 heavy (non-hydrogen) atoms. The average molecular weight is 381 g/mol. The van der Waals surface area contributed by atoms with Crippen molar-refractivity contribution in [3.8, 4) is 0 Å². The van der Waals surface area contributed by atoms with Gasteiger partial charge in [-0.1, -0.05) is 19.0 Å². The van der Waals surface area contributed by atoms with Crippen molar-refractivity contribution in [2.75, 3.05) is 6.54 Å². The third kappa shape index (κ3) is 3.67. The van der Waals surface area contributed by atoms with E-state index in [0.717, 1.165) is 31.5 Å². The molecule has 2 aromatic heterocycles. The van der Waals surface area contributed by atoms with Gasteiger partial charge in [0.05, 0.1) is 12.3 Å². The van der Waals surface area contributed by atoms with Crippen molar-refractivity contribution in [3.63, 3.8) is 0 Å². The molecule has 1 saturated heterocycles. The number of nitrogens with zero attached hydrogens (tertiary/aromatic N) is 3. The molecule has 2 atom stereocenters. The fourth-order valence-corrected chi connectivity index (χ4v) is 3.94. The largest absolute Gasteiger partial charge is 0.364 e. The summed E-state index contributed by atoms with van der Waals surface area (Å²) in [5.74, 6) is 2.46. The summed E-state index contributed by atoms with van der Waals surface area (Å²) in [6.45, 7) is 4.08. The van der Waals surface area contributed by atoms with Crippen LogP contribution in [0.25, 0.3) is 0 Å². The number of hydrogen-bond donors (Lipinski definition) is 2. The SMILES string of the molecule is CC(C)c1ncc(S(=O)(=O)NC[C@H]2CC[C@@H](c3nc(C4CC4)no3)O2)[nH]1. The Morgan fingerprint density at radius 3 is 2.81 bits per heavy atom. The van der Waals surface area contributed by atoms with Crippen molar-refractivity contribution < 1.29 is 17.7 Å². The van der Waals surface area contributed by atoms with E-state index in [-0.39, 0.29) is 29.7 Å². The molecular formula is C16H23N5O4S. The quantitative estimate of drug-likeness (QED) is 0.752. The lowest BCUT2D eigenvalue weighted by Gasteiger charge is -2.12. The van der Waals surface area contributed by atoms with Crippen LogP contribution in [0.2, 0.25) is 0 Å². The number of ether oxygens (including phenoxy) is 1. The summed E-state index contributed by atoms with van der Waals surface area (Å²) in [5.41, 5.74) is 0. The van der Waals surface area contributed by atoms with Gasteiger partial charge in [0.15, 0.2) is 10.9 Å². The lowest BCUT2D eigenvalue weighted by Crippen LogP contribution is -2.32. The second kappa shape index (κ2) is 6.75. The molecule has 1 aliphatic heterocycles. The van der Waals surface area contributed by atoms with Crippen molar-refractivity contribution in [3.05, 3.63) is 23.7 Å². The number of aromatic nitrogens is 4. The molecule has 0 amide bonds. The molecule has 142 valence electrons. The minimum Gasteiger partial charge on any atom is -0.364 e. The van der Waals surface area contributed by atoms with Gasteiger partial charge in [0.2, 0.25) is 0 Å². The van der Waals surface area contributed by atoms with E-state index in [1.165, 1.54) is 6.20 Å². The Morgan fingerprint density at radius 1 is 1.31 bits per heavy atom. The van der Waals surface area contributed by atoms with Gasteiger partial charge in [-0.2, -0.15) is 4.98 Å². The molecule has 3 heterocycles. The number of H-pyrrole nitrogens is 1. The molecule has 2 aromatic rings. The van der Waals surface area contributed by atoms with Gasteiger partial charge in [-0.15, -0.1) is 0 Å². The van der Waals surface area contributed by atoms with Crippen molar-refractivity contribution >= 4 is 10.0 Å². The molecule has 2 aliphatic rings. The Hall–Kier alpha value is -1.78. The van der Waals surface area contributed by atoms with E-state index in [2.05, 4.69) is 24.8 Å². The molecule has 1 aliphatic carbocycles. The molecular weight excluding hydrogens is 358 g/mol. The van der Waals surface area contributed by atoms with Crippen molar-refractivity contribution in [2.45, 2.75) is 68.6 Å². The minimum atomic E-state index is -3.64. The smallest absolute Gasteiger partial charge is 0.257 e. The van der Waals surface area contributed by atoms with Crippen LogP contribution in [-0.2, 0) is 14.8 Å². The highest BCUT2D eigenvalue weighted by Gasteiger charge is 2.34. The van der Waals surface area contributed by atoms with Gasteiger partial charge in [-0.25, -0.2) is 18.1 Å². The zero-order valence-electron chi connectivity index (χ0n) is 14.8. The molecule has 10 heteroatoms. The highest BCUT2D eigenvalue weighted by molar-refractivity contribution is 7.89. The van der Waals surface area contributed by atoms with Crippen LogP contribution in [0.1, 0.15) is 75.0 Å². The van der Waals surface area contributed by atoms with Crippen LogP contribution in [0.5, 0.6) is 0 Å². The maximum atomic E-state index is 12.4. The normalized spacial score (nSPS) is 23.8. The van der Waals surface area contributed by atoms with Gasteiger partial charge in [-0.05, 0) is 25.7 Å². The third-order valence-corrected chi connectivity index (χ3v) is 6.03.